The van der Waals surface area contributed by atoms with Crippen molar-refractivity contribution >= 4 is 11.0 Å². The van der Waals surface area contributed by atoms with Crippen LogP contribution in [0.4, 0.5) is 0 Å². The van der Waals surface area contributed by atoms with Gasteiger partial charge < -0.3 is 14.5 Å². The van der Waals surface area contributed by atoms with Crippen molar-refractivity contribution in [3.8, 4) is 17.4 Å². The van der Waals surface area contributed by atoms with Gasteiger partial charge in [0.2, 0.25) is 0 Å². The summed E-state index contributed by atoms with van der Waals surface area (Å²) in [5.41, 5.74) is 2.12. The minimum atomic E-state index is -0.257. The number of imidazole rings is 1. The van der Waals surface area contributed by atoms with Crippen molar-refractivity contribution in [1.29, 1.82) is 5.26 Å². The molecule has 0 unspecified atom stereocenters. The van der Waals surface area contributed by atoms with Crippen LogP contribution in [-0.4, -0.2) is 15.1 Å². The highest BCUT2D eigenvalue weighted by atomic mass is 16.5. The molecule has 0 aliphatic heterocycles. The molecule has 0 aliphatic carbocycles. The van der Waals surface area contributed by atoms with Crippen molar-refractivity contribution < 1.29 is 4.52 Å². The lowest BCUT2D eigenvalue weighted by Crippen LogP contribution is -1.99. The van der Waals surface area contributed by atoms with Crippen LogP contribution in [0.3, 0.4) is 0 Å². The van der Waals surface area contributed by atoms with Gasteiger partial charge in [-0.3, -0.25) is 0 Å². The molecule has 6 heteroatoms. The summed E-state index contributed by atoms with van der Waals surface area (Å²) in [4.78, 5) is 16.4. The zero-order valence-corrected chi connectivity index (χ0v) is 8.52. The van der Waals surface area contributed by atoms with Gasteiger partial charge in [-0.15, -0.1) is 0 Å². The van der Waals surface area contributed by atoms with Crippen molar-refractivity contribution in [2.24, 2.45) is 0 Å². The number of benzene rings is 1. The Morgan fingerprint density at radius 3 is 2.82 bits per heavy atom. The number of aromatic nitrogens is 3. The predicted octanol–water partition coefficient (Wildman–Crippen LogP) is 1.38. The molecule has 0 amide bonds. The number of nitrogens with one attached hydrogen (secondary N) is 2. The Labute approximate surface area is 94.5 Å². The Balaban J connectivity index is 2.17. The SMILES string of the molecule is N#Cc1cc(-c2ccc3[nH]c(=O)[nH]c3c2)on1. The van der Waals surface area contributed by atoms with E-state index in [9.17, 15) is 4.79 Å². The van der Waals surface area contributed by atoms with Crippen molar-refractivity contribution in [3.63, 3.8) is 0 Å². The molecule has 2 heterocycles. The third kappa shape index (κ3) is 1.50. The number of nitriles is 1. The molecule has 6 nitrogen and oxygen atoms in total. The fraction of sp³-hybridized carbons (Fsp3) is 0. The van der Waals surface area contributed by atoms with Crippen molar-refractivity contribution in [1.82, 2.24) is 15.1 Å². The summed E-state index contributed by atoms with van der Waals surface area (Å²) < 4.78 is 5.02. The molecule has 0 spiro atoms. The van der Waals surface area contributed by atoms with Gasteiger partial charge in [-0.2, -0.15) is 5.26 Å². The molecule has 0 aliphatic rings. The number of H-pyrrole nitrogens is 2. The first-order valence-corrected chi connectivity index (χ1v) is 4.85. The average molecular weight is 226 g/mol. The maximum Gasteiger partial charge on any atom is 0.323 e. The molecule has 0 saturated carbocycles. The summed E-state index contributed by atoms with van der Waals surface area (Å²) in [6, 6.07) is 8.74. The molecule has 2 aromatic heterocycles. The molecule has 0 saturated heterocycles. The number of nitrogens with zero attached hydrogens (tertiary/aromatic N) is 2. The smallest absolute Gasteiger partial charge is 0.323 e. The summed E-state index contributed by atoms with van der Waals surface area (Å²) in [5.74, 6) is 0.491. The van der Waals surface area contributed by atoms with Crippen molar-refractivity contribution in [2.45, 2.75) is 0 Å². The van der Waals surface area contributed by atoms with Gasteiger partial charge in [-0.05, 0) is 18.2 Å². The van der Waals surface area contributed by atoms with Crippen molar-refractivity contribution in [2.75, 3.05) is 0 Å². The Bertz CT molecular complexity index is 788. The number of hydrogen-bond donors (Lipinski definition) is 2. The quantitative estimate of drug-likeness (QED) is 0.654. The highest BCUT2D eigenvalue weighted by molar-refractivity contribution is 5.80. The second-order valence-electron chi connectivity index (χ2n) is 3.53. The van der Waals surface area contributed by atoms with Gasteiger partial charge in [0.25, 0.3) is 0 Å². The van der Waals surface area contributed by atoms with Gasteiger partial charge in [-0.25, -0.2) is 4.79 Å². The van der Waals surface area contributed by atoms with Gasteiger partial charge in [0.15, 0.2) is 11.5 Å². The molecule has 0 atom stereocenters. The summed E-state index contributed by atoms with van der Waals surface area (Å²) >= 11 is 0. The van der Waals surface area contributed by atoms with Crippen LogP contribution in [0.1, 0.15) is 5.69 Å². The Morgan fingerprint density at radius 1 is 1.24 bits per heavy atom. The molecule has 0 fully saturated rings. The molecule has 82 valence electrons. The highest BCUT2D eigenvalue weighted by Gasteiger charge is 2.07. The molecule has 0 radical (unpaired) electrons. The monoisotopic (exact) mass is 226 g/mol. The van der Waals surface area contributed by atoms with E-state index in [1.54, 1.807) is 24.3 Å². The molecule has 1 aromatic carbocycles. The van der Waals surface area contributed by atoms with Crippen molar-refractivity contribution in [3.05, 3.63) is 40.4 Å². The van der Waals surface area contributed by atoms with Crippen LogP contribution < -0.4 is 5.69 Å². The summed E-state index contributed by atoms with van der Waals surface area (Å²) in [5, 5.41) is 12.2. The minimum absolute atomic E-state index is 0.225. The van der Waals surface area contributed by atoms with E-state index in [-0.39, 0.29) is 11.4 Å². The number of rotatable bonds is 1. The zero-order chi connectivity index (χ0) is 11.8. The third-order valence-electron chi connectivity index (χ3n) is 2.43. The van der Waals surface area contributed by atoms with Crippen LogP contribution in [0.2, 0.25) is 0 Å². The van der Waals surface area contributed by atoms with Crippen LogP contribution in [0.25, 0.3) is 22.4 Å². The van der Waals surface area contributed by atoms with Gasteiger partial charge in [-0.1, -0.05) is 5.16 Å². The maximum atomic E-state index is 11.1. The van der Waals surface area contributed by atoms with Gasteiger partial charge in [0.05, 0.1) is 11.0 Å². The third-order valence-corrected chi connectivity index (χ3v) is 2.43. The Kier molecular flexibility index (Phi) is 1.86. The Morgan fingerprint density at radius 2 is 2.06 bits per heavy atom. The standard InChI is InChI=1S/C11H6N4O2/c12-5-7-4-10(17-15-7)6-1-2-8-9(3-6)14-11(16)13-8/h1-4H,(H2,13,14,16). The molecule has 17 heavy (non-hydrogen) atoms. The first kappa shape index (κ1) is 9.42. The fourth-order valence-corrected chi connectivity index (χ4v) is 1.65. The second kappa shape index (κ2) is 3.35. The van der Waals surface area contributed by atoms with E-state index in [1.807, 2.05) is 6.07 Å². The summed E-state index contributed by atoms with van der Waals surface area (Å²) in [7, 11) is 0. The summed E-state index contributed by atoms with van der Waals surface area (Å²) in [6.07, 6.45) is 0. The van der Waals surface area contributed by atoms with Crippen LogP contribution >= 0.6 is 0 Å². The van der Waals surface area contributed by atoms with E-state index in [0.29, 0.717) is 11.3 Å². The van der Waals surface area contributed by atoms with E-state index >= 15 is 0 Å². The first-order chi connectivity index (χ1) is 8.26. The molecule has 3 rings (SSSR count). The second-order valence-corrected chi connectivity index (χ2v) is 3.53. The normalized spacial score (nSPS) is 10.5. The zero-order valence-electron chi connectivity index (χ0n) is 8.52. The largest absolute Gasteiger partial charge is 0.355 e. The lowest BCUT2D eigenvalue weighted by Gasteiger charge is -1.94. The lowest BCUT2D eigenvalue weighted by molar-refractivity contribution is 0.430. The van der Waals surface area contributed by atoms with Crippen LogP contribution in [-0.2, 0) is 0 Å². The van der Waals surface area contributed by atoms with Gasteiger partial charge in [0.1, 0.15) is 6.07 Å². The highest BCUT2D eigenvalue weighted by Crippen LogP contribution is 2.22. The molecule has 2 N–H and O–H groups in total. The predicted molar refractivity (Wildman–Crippen MR) is 59.1 cm³/mol. The van der Waals surface area contributed by atoms with E-state index in [0.717, 1.165) is 11.1 Å². The fourth-order valence-electron chi connectivity index (χ4n) is 1.65. The number of aromatic amines is 2. The van der Waals surface area contributed by atoms with E-state index in [1.165, 1.54) is 0 Å². The number of fused-ring (bicyclic) bond motifs is 1. The average Bonchev–Trinajstić information content (AvgIpc) is 2.92. The van der Waals surface area contributed by atoms with Gasteiger partial charge >= 0.3 is 5.69 Å². The molecular weight excluding hydrogens is 220 g/mol. The maximum absolute atomic E-state index is 11.1. The van der Waals surface area contributed by atoms with Crippen LogP contribution in [0.15, 0.2) is 33.6 Å². The molecule has 3 aromatic rings. The first-order valence-electron chi connectivity index (χ1n) is 4.85. The minimum Gasteiger partial charge on any atom is -0.355 e. The lowest BCUT2D eigenvalue weighted by atomic mass is 10.1. The molecular formula is C11H6N4O2. The Hall–Kier alpha value is -2.81. The van der Waals surface area contributed by atoms with Crippen LogP contribution in [0.5, 0.6) is 0 Å². The van der Waals surface area contributed by atoms with E-state index in [4.69, 9.17) is 9.78 Å². The summed E-state index contributed by atoms with van der Waals surface area (Å²) in [6.45, 7) is 0. The van der Waals surface area contributed by atoms with E-state index in [2.05, 4.69) is 15.1 Å². The van der Waals surface area contributed by atoms with Gasteiger partial charge in [0, 0.05) is 11.6 Å². The van der Waals surface area contributed by atoms with E-state index < -0.39 is 0 Å². The number of hydrogen-bond acceptors (Lipinski definition) is 4. The molecule has 0 bridgehead atoms. The van der Waals surface area contributed by atoms with Crippen LogP contribution in [0, 0.1) is 11.3 Å². The topological polar surface area (TPSA) is 98.5 Å².